The van der Waals surface area contributed by atoms with Crippen molar-refractivity contribution in [1.82, 2.24) is 9.13 Å². The first-order chi connectivity index (χ1) is 31.3. The summed E-state index contributed by atoms with van der Waals surface area (Å²) in [5, 5.41) is 10.4. The highest BCUT2D eigenvalue weighted by Crippen LogP contribution is 2.39. The smallest absolute Gasteiger partial charge is 0.179 e. The highest BCUT2D eigenvalue weighted by Gasteiger charge is 2.41. The zero-order chi connectivity index (χ0) is 41.7. The summed E-state index contributed by atoms with van der Waals surface area (Å²) in [6.07, 6.45) is 0. The van der Waals surface area contributed by atoms with Crippen molar-refractivity contribution in [1.29, 1.82) is 0 Å². The van der Waals surface area contributed by atoms with Gasteiger partial charge >= 0.3 is 0 Å². The van der Waals surface area contributed by atoms with Gasteiger partial charge in [-0.2, -0.15) is 0 Å². The van der Waals surface area contributed by atoms with Crippen molar-refractivity contribution in [2.24, 2.45) is 0 Å². The van der Waals surface area contributed by atoms with E-state index in [0.29, 0.717) is 0 Å². The van der Waals surface area contributed by atoms with Gasteiger partial charge in [-0.05, 0) is 91.5 Å². The number of rotatable bonds is 8. The van der Waals surface area contributed by atoms with E-state index in [4.69, 9.17) is 0 Å². The molecule has 0 aliphatic heterocycles. The maximum atomic E-state index is 2.51. The molecule has 0 amide bonds. The molecule has 12 aromatic rings. The molecular formula is C60H42N2Si. The van der Waals surface area contributed by atoms with Crippen molar-refractivity contribution in [3.63, 3.8) is 0 Å². The molecule has 10 aromatic carbocycles. The lowest BCUT2D eigenvalue weighted by atomic mass is 9.94. The molecular weight excluding hydrogens is 777 g/mol. The second-order valence-corrected chi connectivity index (χ2v) is 20.3. The number of aromatic nitrogens is 2. The van der Waals surface area contributed by atoms with Gasteiger partial charge in [0.1, 0.15) is 0 Å². The summed E-state index contributed by atoms with van der Waals surface area (Å²) in [7, 11) is -2.77. The first kappa shape index (κ1) is 36.8. The number of hydrogen-bond acceptors (Lipinski definition) is 0. The van der Waals surface area contributed by atoms with Crippen LogP contribution in [0.2, 0.25) is 0 Å². The maximum Gasteiger partial charge on any atom is 0.179 e. The van der Waals surface area contributed by atoms with Gasteiger partial charge in [-0.15, -0.1) is 0 Å². The number of benzene rings is 10. The minimum Gasteiger partial charge on any atom is -0.309 e. The van der Waals surface area contributed by atoms with Crippen LogP contribution >= 0.6 is 0 Å². The third kappa shape index (κ3) is 5.93. The van der Waals surface area contributed by atoms with E-state index in [1.54, 1.807) is 0 Å². The molecule has 0 atom stereocenters. The summed E-state index contributed by atoms with van der Waals surface area (Å²) in [4.78, 5) is 0. The molecule has 0 N–H and O–H groups in total. The summed E-state index contributed by atoms with van der Waals surface area (Å²) in [5.74, 6) is 0. The Morgan fingerprint density at radius 2 is 0.683 bits per heavy atom. The van der Waals surface area contributed by atoms with Crippen LogP contribution in [0.4, 0.5) is 0 Å². The van der Waals surface area contributed by atoms with E-state index in [2.05, 4.69) is 264 Å². The predicted octanol–water partition coefficient (Wildman–Crippen LogP) is 12.6. The lowest BCUT2D eigenvalue weighted by Gasteiger charge is -2.34. The van der Waals surface area contributed by atoms with Crippen LogP contribution in [0.15, 0.2) is 255 Å². The molecule has 0 aliphatic rings. The van der Waals surface area contributed by atoms with Crippen LogP contribution in [-0.4, -0.2) is 17.2 Å². The number of para-hydroxylation sites is 2. The first-order valence-electron chi connectivity index (χ1n) is 21.8. The fraction of sp³-hybridized carbons (Fsp3) is 0. The zero-order valence-electron chi connectivity index (χ0n) is 34.6. The van der Waals surface area contributed by atoms with Crippen molar-refractivity contribution in [3.8, 4) is 33.6 Å². The zero-order valence-corrected chi connectivity index (χ0v) is 35.6. The van der Waals surface area contributed by atoms with Crippen LogP contribution in [0.25, 0.3) is 77.2 Å². The molecule has 63 heavy (non-hydrogen) atoms. The summed E-state index contributed by atoms with van der Waals surface area (Å²) >= 11 is 0. The Morgan fingerprint density at radius 3 is 1.30 bits per heavy atom. The molecule has 0 spiro atoms. The standard InChI is InChI=1S/C60H42N2Si/c1-5-20-43(21-6-1)51-30-13-14-31-52(51)44-22-19-23-45(40-44)61-58-35-18-16-33-54(58)56-41-46(36-39-59(56)61)62-57-34-17-15-32-53(57)55-38-37-50(42-60(55)62)63(47-24-7-2-8-25-47,48-26-9-3-10-27-48)49-28-11-4-12-29-49/h1-42H. The average Bonchev–Trinajstić information content (AvgIpc) is 3.88. The molecule has 296 valence electrons. The highest BCUT2D eigenvalue weighted by atomic mass is 28.3. The Bertz CT molecular complexity index is 3510. The third-order valence-electron chi connectivity index (χ3n) is 13.1. The molecule has 0 unspecified atom stereocenters. The van der Waals surface area contributed by atoms with Gasteiger partial charge in [0, 0.05) is 32.9 Å². The molecule has 0 aliphatic carbocycles. The van der Waals surface area contributed by atoms with E-state index < -0.39 is 8.07 Å². The fourth-order valence-corrected chi connectivity index (χ4v) is 15.1. The average molecular weight is 819 g/mol. The summed E-state index contributed by atoms with van der Waals surface area (Å²) in [5.41, 5.74) is 11.9. The van der Waals surface area contributed by atoms with E-state index in [-0.39, 0.29) is 0 Å². The molecule has 0 saturated heterocycles. The van der Waals surface area contributed by atoms with Crippen molar-refractivity contribution < 1.29 is 0 Å². The maximum absolute atomic E-state index is 2.77. The topological polar surface area (TPSA) is 9.86 Å². The summed E-state index contributed by atoms with van der Waals surface area (Å²) in [6.45, 7) is 0. The predicted molar refractivity (Wildman–Crippen MR) is 270 cm³/mol. The number of nitrogens with zero attached hydrogens (tertiary/aromatic N) is 2. The van der Waals surface area contributed by atoms with Crippen molar-refractivity contribution >= 4 is 72.4 Å². The largest absolute Gasteiger partial charge is 0.309 e. The Kier molecular flexibility index (Phi) is 8.87. The Morgan fingerprint density at radius 1 is 0.238 bits per heavy atom. The first-order valence-corrected chi connectivity index (χ1v) is 23.8. The van der Waals surface area contributed by atoms with E-state index in [9.17, 15) is 0 Å². The van der Waals surface area contributed by atoms with Crippen molar-refractivity contribution in [2.75, 3.05) is 0 Å². The van der Waals surface area contributed by atoms with E-state index in [1.807, 2.05) is 0 Å². The molecule has 2 nitrogen and oxygen atoms in total. The Balaban J connectivity index is 1.08. The molecule has 3 heteroatoms. The molecule has 2 aromatic heterocycles. The van der Waals surface area contributed by atoms with Crippen LogP contribution in [0, 0.1) is 0 Å². The third-order valence-corrected chi connectivity index (χ3v) is 17.8. The molecule has 12 rings (SSSR count). The molecule has 0 bridgehead atoms. The van der Waals surface area contributed by atoms with E-state index in [0.717, 1.165) is 11.4 Å². The Labute approximate surface area is 368 Å². The minimum atomic E-state index is -2.77. The quantitative estimate of drug-likeness (QED) is 0.107. The second-order valence-electron chi connectivity index (χ2n) is 16.4. The summed E-state index contributed by atoms with van der Waals surface area (Å²) in [6, 6.07) is 94.2. The van der Waals surface area contributed by atoms with Gasteiger partial charge in [-0.3, -0.25) is 0 Å². The van der Waals surface area contributed by atoms with Crippen LogP contribution < -0.4 is 20.7 Å². The molecule has 0 fully saturated rings. The van der Waals surface area contributed by atoms with E-state index >= 15 is 0 Å². The molecule has 0 saturated carbocycles. The van der Waals surface area contributed by atoms with Gasteiger partial charge in [0.2, 0.25) is 0 Å². The lowest BCUT2D eigenvalue weighted by Crippen LogP contribution is -2.74. The SMILES string of the molecule is c1ccc(-c2ccccc2-c2cccc(-n3c4ccccc4c4cc(-n5c6ccccc6c6ccc([Si](c7ccccc7)(c7ccccc7)c7ccccc7)cc65)ccc43)c2)cc1. The molecule has 2 heterocycles. The molecule has 0 radical (unpaired) electrons. The van der Waals surface area contributed by atoms with Crippen LogP contribution in [0.3, 0.4) is 0 Å². The highest BCUT2D eigenvalue weighted by molar-refractivity contribution is 7.20. The van der Waals surface area contributed by atoms with Gasteiger partial charge in [0.15, 0.2) is 8.07 Å². The lowest BCUT2D eigenvalue weighted by molar-refractivity contribution is 1.17. The van der Waals surface area contributed by atoms with Crippen molar-refractivity contribution in [2.45, 2.75) is 0 Å². The van der Waals surface area contributed by atoms with E-state index in [1.165, 1.54) is 86.6 Å². The van der Waals surface area contributed by atoms with Crippen LogP contribution in [-0.2, 0) is 0 Å². The number of hydrogen-bond donors (Lipinski definition) is 0. The van der Waals surface area contributed by atoms with Gasteiger partial charge in [0.25, 0.3) is 0 Å². The Hall–Kier alpha value is -7.98. The minimum absolute atomic E-state index is 1.14. The van der Waals surface area contributed by atoms with Gasteiger partial charge in [-0.1, -0.05) is 206 Å². The summed E-state index contributed by atoms with van der Waals surface area (Å²) < 4.78 is 4.94. The van der Waals surface area contributed by atoms with Gasteiger partial charge in [-0.25, -0.2) is 0 Å². The van der Waals surface area contributed by atoms with Crippen LogP contribution in [0.5, 0.6) is 0 Å². The van der Waals surface area contributed by atoms with Gasteiger partial charge < -0.3 is 9.13 Å². The monoisotopic (exact) mass is 818 g/mol. The van der Waals surface area contributed by atoms with Crippen LogP contribution in [0.1, 0.15) is 0 Å². The second kappa shape index (κ2) is 15.2. The normalized spacial score (nSPS) is 11.8. The number of fused-ring (bicyclic) bond motifs is 6. The van der Waals surface area contributed by atoms with Crippen molar-refractivity contribution in [3.05, 3.63) is 255 Å². The fourth-order valence-electron chi connectivity index (χ4n) is 10.3. The van der Waals surface area contributed by atoms with Gasteiger partial charge in [0.05, 0.1) is 22.1 Å².